The van der Waals surface area contributed by atoms with Crippen LogP contribution in [0.25, 0.3) is 0 Å². The third kappa shape index (κ3) is 4.24. The fourth-order valence-electron chi connectivity index (χ4n) is 3.15. The quantitative estimate of drug-likeness (QED) is 0.916. The number of nitrogens with one attached hydrogen (secondary N) is 1. The summed E-state index contributed by atoms with van der Waals surface area (Å²) < 4.78 is 10.4. The van der Waals surface area contributed by atoms with E-state index in [4.69, 9.17) is 9.15 Å². The van der Waals surface area contributed by atoms with E-state index in [0.29, 0.717) is 12.5 Å². The smallest absolute Gasteiger partial charge is 0.317 e. The zero-order chi connectivity index (χ0) is 15.2. The average molecular weight is 307 g/mol. The zero-order valence-electron chi connectivity index (χ0n) is 13.0. The van der Waals surface area contributed by atoms with Gasteiger partial charge in [0, 0.05) is 44.8 Å². The predicted octanol–water partition coefficient (Wildman–Crippen LogP) is 1.53. The summed E-state index contributed by atoms with van der Waals surface area (Å²) in [6, 6.07) is 1.90. The van der Waals surface area contributed by atoms with E-state index in [0.717, 1.165) is 64.3 Å². The van der Waals surface area contributed by atoms with Crippen LogP contribution in [0, 0.1) is 5.92 Å². The highest BCUT2D eigenvalue weighted by molar-refractivity contribution is 5.74. The van der Waals surface area contributed by atoms with Crippen molar-refractivity contribution in [2.75, 3.05) is 45.9 Å². The summed E-state index contributed by atoms with van der Waals surface area (Å²) in [7, 11) is 0. The Bertz CT molecular complexity index is 449. The molecule has 122 valence electrons. The van der Waals surface area contributed by atoms with Crippen molar-refractivity contribution in [2.24, 2.45) is 5.92 Å². The summed E-state index contributed by atoms with van der Waals surface area (Å²) in [6.45, 7) is 7.19. The number of likely N-dealkylation sites (tertiary alicyclic amines) is 1. The monoisotopic (exact) mass is 307 g/mol. The van der Waals surface area contributed by atoms with Gasteiger partial charge in [0.05, 0.1) is 25.7 Å². The maximum absolute atomic E-state index is 12.1. The molecule has 0 spiro atoms. The molecule has 0 radical (unpaired) electrons. The summed E-state index contributed by atoms with van der Waals surface area (Å²) in [5, 5.41) is 2.95. The van der Waals surface area contributed by atoms with Crippen LogP contribution in [0.5, 0.6) is 0 Å². The maximum atomic E-state index is 12.1. The Kier molecular flexibility index (Phi) is 5.34. The lowest BCUT2D eigenvalue weighted by molar-refractivity contribution is 0.0258. The molecule has 0 atom stereocenters. The van der Waals surface area contributed by atoms with Crippen molar-refractivity contribution in [3.05, 3.63) is 24.2 Å². The van der Waals surface area contributed by atoms with E-state index >= 15 is 0 Å². The number of morpholine rings is 1. The Labute approximate surface area is 131 Å². The van der Waals surface area contributed by atoms with Crippen LogP contribution in [0.3, 0.4) is 0 Å². The van der Waals surface area contributed by atoms with Crippen molar-refractivity contribution >= 4 is 6.03 Å². The Morgan fingerprint density at radius 3 is 2.68 bits per heavy atom. The molecular formula is C16H25N3O3. The van der Waals surface area contributed by atoms with Crippen molar-refractivity contribution in [1.82, 2.24) is 15.1 Å². The number of nitrogens with zero attached hydrogens (tertiary/aromatic N) is 2. The normalized spacial score (nSPS) is 21.0. The molecule has 22 heavy (non-hydrogen) atoms. The van der Waals surface area contributed by atoms with Gasteiger partial charge in [-0.15, -0.1) is 0 Å². The van der Waals surface area contributed by atoms with Gasteiger partial charge in [0.15, 0.2) is 0 Å². The van der Waals surface area contributed by atoms with Gasteiger partial charge in [-0.2, -0.15) is 0 Å². The number of hydrogen-bond donors (Lipinski definition) is 1. The molecule has 2 aliphatic heterocycles. The van der Waals surface area contributed by atoms with Crippen molar-refractivity contribution in [2.45, 2.75) is 19.4 Å². The van der Waals surface area contributed by atoms with Gasteiger partial charge in [-0.1, -0.05) is 0 Å². The van der Waals surface area contributed by atoms with Gasteiger partial charge in [-0.05, 0) is 24.8 Å². The summed E-state index contributed by atoms with van der Waals surface area (Å²) in [6.07, 6.45) is 5.47. The standard InChI is InChI=1S/C16H25N3O3/c20-16(17-11-15-3-8-22-13-15)19-4-1-14(2-5-19)12-18-6-9-21-10-7-18/h3,8,13-14H,1-2,4-7,9-12H2,(H,17,20). The summed E-state index contributed by atoms with van der Waals surface area (Å²) in [4.78, 5) is 16.6. The molecule has 1 aromatic rings. The predicted molar refractivity (Wildman–Crippen MR) is 82.5 cm³/mol. The number of piperidine rings is 1. The van der Waals surface area contributed by atoms with Crippen LogP contribution < -0.4 is 5.32 Å². The number of ether oxygens (including phenoxy) is 1. The first kappa shape index (κ1) is 15.4. The Morgan fingerprint density at radius 1 is 1.23 bits per heavy atom. The number of urea groups is 1. The van der Waals surface area contributed by atoms with Crippen LogP contribution in [-0.2, 0) is 11.3 Å². The fourth-order valence-corrected chi connectivity index (χ4v) is 3.15. The molecule has 0 aliphatic carbocycles. The third-order valence-electron chi connectivity index (χ3n) is 4.55. The molecule has 6 heteroatoms. The largest absolute Gasteiger partial charge is 0.472 e. The molecule has 0 aromatic carbocycles. The molecule has 0 saturated carbocycles. The molecule has 1 aromatic heterocycles. The molecule has 3 heterocycles. The molecular weight excluding hydrogens is 282 g/mol. The highest BCUT2D eigenvalue weighted by Gasteiger charge is 2.24. The Hall–Kier alpha value is -1.53. The van der Waals surface area contributed by atoms with Gasteiger partial charge in [0.1, 0.15) is 0 Å². The average Bonchev–Trinajstić information content (AvgIpc) is 3.08. The van der Waals surface area contributed by atoms with E-state index in [1.54, 1.807) is 12.5 Å². The minimum atomic E-state index is 0.0334. The minimum Gasteiger partial charge on any atom is -0.472 e. The lowest BCUT2D eigenvalue weighted by Gasteiger charge is -2.36. The van der Waals surface area contributed by atoms with Gasteiger partial charge >= 0.3 is 6.03 Å². The number of furan rings is 1. The second-order valence-corrected chi connectivity index (χ2v) is 6.13. The van der Waals surface area contributed by atoms with E-state index in [9.17, 15) is 4.79 Å². The third-order valence-corrected chi connectivity index (χ3v) is 4.55. The van der Waals surface area contributed by atoms with E-state index in [1.807, 2.05) is 11.0 Å². The van der Waals surface area contributed by atoms with Crippen LogP contribution in [-0.4, -0.2) is 61.8 Å². The van der Waals surface area contributed by atoms with E-state index in [1.165, 1.54) is 0 Å². The van der Waals surface area contributed by atoms with Crippen LogP contribution >= 0.6 is 0 Å². The zero-order valence-corrected chi connectivity index (χ0v) is 13.0. The van der Waals surface area contributed by atoms with Gasteiger partial charge in [0.25, 0.3) is 0 Å². The highest BCUT2D eigenvalue weighted by atomic mass is 16.5. The molecule has 2 amide bonds. The number of rotatable bonds is 4. The van der Waals surface area contributed by atoms with E-state index in [-0.39, 0.29) is 6.03 Å². The summed E-state index contributed by atoms with van der Waals surface area (Å²) >= 11 is 0. The first-order valence-electron chi connectivity index (χ1n) is 8.15. The fraction of sp³-hybridized carbons (Fsp3) is 0.688. The van der Waals surface area contributed by atoms with Crippen molar-refractivity contribution < 1.29 is 13.9 Å². The van der Waals surface area contributed by atoms with Crippen LogP contribution in [0.2, 0.25) is 0 Å². The number of hydrogen-bond acceptors (Lipinski definition) is 4. The molecule has 2 aliphatic rings. The number of carbonyl (C=O) groups is 1. The maximum Gasteiger partial charge on any atom is 0.317 e. The topological polar surface area (TPSA) is 58.0 Å². The Balaban J connectivity index is 1.36. The molecule has 0 unspecified atom stereocenters. The first-order chi connectivity index (χ1) is 10.8. The number of amides is 2. The van der Waals surface area contributed by atoms with Gasteiger partial charge < -0.3 is 19.4 Å². The van der Waals surface area contributed by atoms with Gasteiger partial charge in [0.2, 0.25) is 0 Å². The van der Waals surface area contributed by atoms with Gasteiger partial charge in [-0.25, -0.2) is 4.79 Å². The van der Waals surface area contributed by atoms with Crippen LogP contribution in [0.4, 0.5) is 4.79 Å². The van der Waals surface area contributed by atoms with Gasteiger partial charge in [-0.3, -0.25) is 4.90 Å². The molecule has 1 N–H and O–H groups in total. The molecule has 2 fully saturated rings. The molecule has 6 nitrogen and oxygen atoms in total. The number of carbonyl (C=O) groups excluding carboxylic acids is 1. The second kappa shape index (κ2) is 7.65. The van der Waals surface area contributed by atoms with Crippen molar-refractivity contribution in [3.8, 4) is 0 Å². The van der Waals surface area contributed by atoms with Crippen LogP contribution in [0.1, 0.15) is 18.4 Å². The Morgan fingerprint density at radius 2 is 2.00 bits per heavy atom. The summed E-state index contributed by atoms with van der Waals surface area (Å²) in [5.41, 5.74) is 0.996. The first-order valence-corrected chi connectivity index (χ1v) is 8.15. The summed E-state index contributed by atoms with van der Waals surface area (Å²) in [5.74, 6) is 0.705. The SMILES string of the molecule is O=C(NCc1ccoc1)N1CCC(CN2CCOCC2)CC1. The lowest BCUT2D eigenvalue weighted by atomic mass is 9.96. The van der Waals surface area contributed by atoms with Crippen molar-refractivity contribution in [1.29, 1.82) is 0 Å². The molecule has 2 saturated heterocycles. The van der Waals surface area contributed by atoms with Crippen LogP contribution in [0.15, 0.2) is 23.0 Å². The minimum absolute atomic E-state index is 0.0334. The second-order valence-electron chi connectivity index (χ2n) is 6.13. The van der Waals surface area contributed by atoms with E-state index in [2.05, 4.69) is 10.2 Å². The molecule has 3 rings (SSSR count). The van der Waals surface area contributed by atoms with Crippen molar-refractivity contribution in [3.63, 3.8) is 0 Å². The highest BCUT2D eigenvalue weighted by Crippen LogP contribution is 2.19. The lowest BCUT2D eigenvalue weighted by Crippen LogP contribution is -2.47. The van der Waals surface area contributed by atoms with E-state index < -0.39 is 0 Å². The molecule has 0 bridgehead atoms.